The van der Waals surface area contributed by atoms with Gasteiger partial charge < -0.3 is 10.5 Å². The lowest BCUT2D eigenvalue weighted by atomic mass is 10.1. The normalized spacial score (nSPS) is 16.2. The predicted octanol–water partition coefficient (Wildman–Crippen LogP) is 4.34. The van der Waals surface area contributed by atoms with Crippen molar-refractivity contribution in [1.29, 1.82) is 0 Å². The number of benzene rings is 1. The van der Waals surface area contributed by atoms with Crippen LogP contribution in [0.1, 0.15) is 12.5 Å². The number of nitrogens with zero attached hydrogens (tertiary/aromatic N) is 2. The number of hydrogen-bond donors (Lipinski definition) is 1. The van der Waals surface area contributed by atoms with Crippen molar-refractivity contribution in [3.05, 3.63) is 50.9 Å². The molecule has 0 atom stereocenters. The Kier molecular flexibility index (Phi) is 7.57. The fourth-order valence-electron chi connectivity index (χ4n) is 2.10. The van der Waals surface area contributed by atoms with Crippen LogP contribution in [0.2, 0.25) is 0 Å². The Morgan fingerprint density at radius 2 is 2.17 bits per heavy atom. The van der Waals surface area contributed by atoms with Gasteiger partial charge in [-0.25, -0.2) is 9.38 Å². The number of rotatable bonds is 7. The van der Waals surface area contributed by atoms with E-state index in [1.54, 1.807) is 13.0 Å². The maximum atomic E-state index is 14.5. The zero-order valence-electron chi connectivity index (χ0n) is 15.4. The highest BCUT2D eigenvalue weighted by molar-refractivity contribution is 9.10. The lowest BCUT2D eigenvalue weighted by molar-refractivity contribution is -0.121. The zero-order chi connectivity index (χ0) is 21.7. The molecule has 7 nitrogen and oxygen atoms in total. The van der Waals surface area contributed by atoms with Gasteiger partial charge in [-0.05, 0) is 52.3 Å². The van der Waals surface area contributed by atoms with E-state index < -0.39 is 22.7 Å². The average Bonchev–Trinajstić information content (AvgIpc) is 2.92. The van der Waals surface area contributed by atoms with Gasteiger partial charge in [0.2, 0.25) is 5.75 Å². The van der Waals surface area contributed by atoms with Crippen molar-refractivity contribution in [2.24, 2.45) is 10.7 Å². The van der Waals surface area contributed by atoms with E-state index in [0.717, 1.165) is 4.90 Å². The third kappa shape index (κ3) is 5.24. The number of aliphatic imine (C=N–C) groups is 1. The van der Waals surface area contributed by atoms with Gasteiger partial charge in [0.25, 0.3) is 11.1 Å². The second kappa shape index (κ2) is 9.70. The highest BCUT2D eigenvalue weighted by atomic mass is 79.9. The number of nitrogens with two attached hydrogens (primary N) is 1. The molecule has 1 heterocycles. The van der Waals surface area contributed by atoms with Gasteiger partial charge in [0.15, 0.2) is 11.6 Å². The lowest BCUT2D eigenvalue weighted by Gasteiger charge is -2.12. The van der Waals surface area contributed by atoms with Crippen molar-refractivity contribution >= 4 is 51.1 Å². The summed E-state index contributed by atoms with van der Waals surface area (Å²) in [4.78, 5) is 32.2. The third-order valence-electron chi connectivity index (χ3n) is 3.67. The minimum atomic E-state index is -1.07. The highest BCUT2D eigenvalue weighted by Crippen LogP contribution is 2.40. The molecule has 2 amide bonds. The van der Waals surface area contributed by atoms with Crippen LogP contribution in [0.15, 0.2) is 44.5 Å². The molecular weight excluding hydrogens is 472 g/mol. The van der Waals surface area contributed by atoms with Gasteiger partial charge in [-0.15, -0.1) is 0 Å². The molecule has 11 heteroatoms. The van der Waals surface area contributed by atoms with Crippen molar-refractivity contribution in [3.8, 4) is 11.5 Å². The van der Waals surface area contributed by atoms with E-state index in [4.69, 9.17) is 10.5 Å². The van der Waals surface area contributed by atoms with Gasteiger partial charge in [0.05, 0.1) is 9.38 Å². The first kappa shape index (κ1) is 22.6. The molecule has 0 spiro atoms. The molecule has 1 aliphatic rings. The smallest absolute Gasteiger partial charge is 0.293 e. The molecule has 2 rings (SSSR count). The highest BCUT2D eigenvalue weighted by Gasteiger charge is 2.32. The molecule has 0 unspecified atom stereocenters. The zero-order valence-corrected chi connectivity index (χ0v) is 17.8. The van der Waals surface area contributed by atoms with Crippen molar-refractivity contribution in [3.63, 3.8) is 0 Å². The van der Waals surface area contributed by atoms with Crippen LogP contribution in [0.25, 0.3) is 6.08 Å². The summed E-state index contributed by atoms with van der Waals surface area (Å²) in [7, 11) is 1.33. The molecule has 1 fully saturated rings. The predicted molar refractivity (Wildman–Crippen MR) is 111 cm³/mol. The summed E-state index contributed by atoms with van der Waals surface area (Å²) in [6, 6.07) is 1.28. The quantitative estimate of drug-likeness (QED) is 0.453. The lowest BCUT2D eigenvalue weighted by Crippen LogP contribution is -2.22. The first-order valence-electron chi connectivity index (χ1n) is 7.98. The Morgan fingerprint density at radius 3 is 2.69 bits per heavy atom. The summed E-state index contributed by atoms with van der Waals surface area (Å²) in [5.41, 5.74) is 6.07. The van der Waals surface area contributed by atoms with Crippen LogP contribution in [0.4, 0.5) is 13.7 Å². The van der Waals surface area contributed by atoms with Crippen LogP contribution >= 0.6 is 27.7 Å². The molecule has 0 aliphatic carbocycles. The second-order valence-corrected chi connectivity index (χ2v) is 7.43. The number of allylic oxidation sites excluding steroid dienone is 1. The molecule has 1 aromatic carbocycles. The molecule has 2 N–H and O–H groups in total. The summed E-state index contributed by atoms with van der Waals surface area (Å²) < 4.78 is 32.8. The Labute approximate surface area is 178 Å². The summed E-state index contributed by atoms with van der Waals surface area (Å²) >= 11 is 3.70. The van der Waals surface area contributed by atoms with Crippen molar-refractivity contribution in [1.82, 2.24) is 4.90 Å². The van der Waals surface area contributed by atoms with Crippen LogP contribution in [0.5, 0.6) is 11.5 Å². The molecule has 29 heavy (non-hydrogen) atoms. The van der Waals surface area contributed by atoms with Crippen LogP contribution in [0.3, 0.4) is 0 Å². The van der Waals surface area contributed by atoms with E-state index in [0.29, 0.717) is 17.3 Å². The van der Waals surface area contributed by atoms with Gasteiger partial charge in [-0.1, -0.05) is 12.7 Å². The number of hydrogen-bond acceptors (Lipinski definition) is 7. The number of carbonyl (C=O) groups excluding carboxylic acids is 2. The van der Waals surface area contributed by atoms with Gasteiger partial charge in [0, 0.05) is 23.4 Å². The van der Waals surface area contributed by atoms with Gasteiger partial charge in [-0.3, -0.25) is 19.4 Å². The molecule has 0 saturated carbocycles. The molecule has 154 valence electrons. The monoisotopic (exact) mass is 487 g/mol. The Bertz CT molecular complexity index is 963. The minimum Gasteiger partial charge on any atom is -0.485 e. The van der Waals surface area contributed by atoms with E-state index in [9.17, 15) is 18.5 Å². The number of amides is 2. The SMILES string of the molecule is C=C(N)/N=C\C(=C/C)COc1cc(/C=C2\SC(=O)N(C)C2=O)c(Br)c(F)c1OF. The molecule has 0 bridgehead atoms. The van der Waals surface area contributed by atoms with E-state index in [1.807, 2.05) is 0 Å². The number of ether oxygens (including phenoxy) is 1. The number of halogens is 3. The summed E-state index contributed by atoms with van der Waals surface area (Å²) in [6.45, 7) is 5.04. The van der Waals surface area contributed by atoms with Gasteiger partial charge in [-0.2, -0.15) is 0 Å². The van der Waals surface area contributed by atoms with Crippen molar-refractivity contribution < 1.29 is 28.2 Å². The van der Waals surface area contributed by atoms with Crippen molar-refractivity contribution in [2.75, 3.05) is 13.7 Å². The summed E-state index contributed by atoms with van der Waals surface area (Å²) in [5, 5.41) is -0.462. The van der Waals surface area contributed by atoms with E-state index >= 15 is 0 Å². The fourth-order valence-corrected chi connectivity index (χ4v) is 3.32. The van der Waals surface area contributed by atoms with E-state index in [-0.39, 0.29) is 33.1 Å². The number of carbonyl (C=O) groups is 2. The molecule has 0 radical (unpaired) electrons. The minimum absolute atomic E-state index is 0.0824. The topological polar surface area (TPSA) is 94.2 Å². The van der Waals surface area contributed by atoms with Gasteiger partial charge in [0.1, 0.15) is 12.4 Å². The van der Waals surface area contributed by atoms with Crippen LogP contribution in [0, 0.1) is 5.82 Å². The second-order valence-electron chi connectivity index (χ2n) is 5.64. The standard InChI is InChI=1S/C18H16BrF2N3O4S/c1-4-10(7-23-9(2)22)8-27-12-5-11(14(19)15(20)16(12)28-21)6-13-17(25)24(3)18(26)29-13/h4-7H,2,8,22H2,1,3H3/b10-4+,13-6-,23-7-. The molecular formula is C18H16BrF2N3O4S. The first-order valence-corrected chi connectivity index (χ1v) is 9.59. The number of thioether (sulfide) groups is 1. The Balaban J connectivity index is 2.39. The van der Waals surface area contributed by atoms with Crippen molar-refractivity contribution in [2.45, 2.75) is 6.92 Å². The Morgan fingerprint density at radius 1 is 1.48 bits per heavy atom. The average molecular weight is 488 g/mol. The summed E-state index contributed by atoms with van der Waals surface area (Å²) in [6.07, 6.45) is 4.36. The first-order chi connectivity index (χ1) is 13.7. The Hall–Kier alpha value is -2.66. The van der Waals surface area contributed by atoms with E-state index in [2.05, 4.69) is 32.4 Å². The van der Waals surface area contributed by atoms with Crippen LogP contribution in [-0.4, -0.2) is 35.9 Å². The maximum Gasteiger partial charge on any atom is 0.293 e. The largest absolute Gasteiger partial charge is 0.485 e. The number of likely N-dealkylation sites (N-methyl/N-ethyl adjacent to an activating group) is 1. The summed E-state index contributed by atoms with van der Waals surface area (Å²) in [5.74, 6) is -2.55. The third-order valence-corrected chi connectivity index (χ3v) is 5.43. The maximum absolute atomic E-state index is 14.5. The fraction of sp³-hybridized carbons (Fsp3) is 0.167. The van der Waals surface area contributed by atoms with Crippen LogP contribution in [-0.2, 0) is 4.79 Å². The van der Waals surface area contributed by atoms with Crippen LogP contribution < -0.4 is 15.4 Å². The van der Waals surface area contributed by atoms with E-state index in [1.165, 1.54) is 25.4 Å². The number of imide groups is 1. The molecule has 1 aromatic rings. The molecule has 1 aliphatic heterocycles. The van der Waals surface area contributed by atoms with Gasteiger partial charge >= 0.3 is 0 Å². The molecule has 1 saturated heterocycles. The molecule has 0 aromatic heterocycles.